The van der Waals surface area contributed by atoms with Gasteiger partial charge in [-0.25, -0.2) is 8.78 Å². The van der Waals surface area contributed by atoms with Gasteiger partial charge in [-0.15, -0.1) is 0 Å². The minimum absolute atomic E-state index is 0.121. The quantitative estimate of drug-likeness (QED) is 0.715. The Bertz CT molecular complexity index is 346. The van der Waals surface area contributed by atoms with E-state index in [-0.39, 0.29) is 17.8 Å². The van der Waals surface area contributed by atoms with E-state index in [0.29, 0.717) is 5.75 Å². The van der Waals surface area contributed by atoms with Crippen LogP contribution in [0.25, 0.3) is 0 Å². The monoisotopic (exact) mass is 244 g/mol. The summed E-state index contributed by atoms with van der Waals surface area (Å²) in [5.41, 5.74) is -0.121. The summed E-state index contributed by atoms with van der Waals surface area (Å²) in [6, 6.07) is 3.64. The fraction of sp³-hybridized carbons (Fsp3) is 0.417. The average Bonchev–Trinajstić information content (AvgIpc) is 2.24. The van der Waals surface area contributed by atoms with Gasteiger partial charge in [-0.05, 0) is 24.3 Å². The second kappa shape index (κ2) is 6.63. The fourth-order valence-electron chi connectivity index (χ4n) is 1.28. The lowest BCUT2D eigenvalue weighted by Crippen LogP contribution is -2.09. The van der Waals surface area contributed by atoms with Crippen molar-refractivity contribution < 1.29 is 13.6 Å². The second-order valence-electron chi connectivity index (χ2n) is 3.47. The van der Waals surface area contributed by atoms with E-state index in [1.54, 1.807) is 0 Å². The largest absolute Gasteiger partial charge is 0.298 e. The van der Waals surface area contributed by atoms with Crippen LogP contribution < -0.4 is 0 Å². The van der Waals surface area contributed by atoms with Crippen LogP contribution >= 0.6 is 11.8 Å². The van der Waals surface area contributed by atoms with Crippen molar-refractivity contribution in [2.24, 2.45) is 0 Å². The van der Waals surface area contributed by atoms with Crippen molar-refractivity contribution in [1.29, 1.82) is 0 Å². The van der Waals surface area contributed by atoms with Gasteiger partial charge in [0.15, 0.2) is 0 Å². The molecule has 0 aliphatic carbocycles. The zero-order valence-electron chi connectivity index (χ0n) is 9.13. The molecule has 0 atom stereocenters. The number of benzene rings is 1. The Hall–Kier alpha value is -0.900. The van der Waals surface area contributed by atoms with Gasteiger partial charge >= 0.3 is 0 Å². The van der Waals surface area contributed by atoms with Gasteiger partial charge in [0.25, 0.3) is 0 Å². The van der Waals surface area contributed by atoms with Gasteiger partial charge < -0.3 is 0 Å². The smallest absolute Gasteiger partial charge is 0.147 e. The van der Waals surface area contributed by atoms with E-state index in [1.165, 1.54) is 30.0 Å². The molecule has 16 heavy (non-hydrogen) atoms. The first-order valence-electron chi connectivity index (χ1n) is 5.17. The minimum atomic E-state index is -0.645. The first-order valence-corrected chi connectivity index (χ1v) is 6.33. The Balaban J connectivity index is 2.56. The molecule has 0 aliphatic rings. The number of carbonyl (C=O) groups excluding carboxylic acids is 1. The van der Waals surface area contributed by atoms with Crippen LogP contribution in [0.2, 0.25) is 0 Å². The lowest BCUT2D eigenvalue weighted by molar-refractivity contribution is -0.116. The van der Waals surface area contributed by atoms with Gasteiger partial charge in [-0.1, -0.05) is 13.0 Å². The third kappa shape index (κ3) is 3.93. The van der Waals surface area contributed by atoms with Crippen molar-refractivity contribution in [2.75, 3.05) is 11.5 Å². The molecule has 0 aromatic heterocycles. The molecule has 0 N–H and O–H groups in total. The molecule has 0 saturated carbocycles. The molecule has 0 radical (unpaired) electrons. The Kier molecular flexibility index (Phi) is 5.46. The van der Waals surface area contributed by atoms with Crippen LogP contribution in [0.3, 0.4) is 0 Å². The lowest BCUT2D eigenvalue weighted by atomic mass is 10.1. The topological polar surface area (TPSA) is 17.1 Å². The van der Waals surface area contributed by atoms with Crippen molar-refractivity contribution in [3.8, 4) is 0 Å². The number of thioether (sulfide) groups is 1. The lowest BCUT2D eigenvalue weighted by Gasteiger charge is -2.03. The number of Topliss-reactive ketones (excluding diaryl/α,β-unsaturated/α-hetero) is 1. The zero-order chi connectivity index (χ0) is 12.0. The van der Waals surface area contributed by atoms with Crippen molar-refractivity contribution in [2.45, 2.75) is 19.8 Å². The SMILES string of the molecule is CCCSCC(=O)Cc1c(F)cccc1F. The highest BCUT2D eigenvalue weighted by Crippen LogP contribution is 2.14. The Morgan fingerprint density at radius 3 is 2.50 bits per heavy atom. The summed E-state index contributed by atoms with van der Waals surface area (Å²) in [5.74, 6) is -0.210. The summed E-state index contributed by atoms with van der Waals surface area (Å²) in [5, 5.41) is 0. The van der Waals surface area contributed by atoms with Gasteiger partial charge in [0.1, 0.15) is 17.4 Å². The first-order chi connectivity index (χ1) is 7.65. The molecule has 1 aromatic rings. The molecule has 1 rings (SSSR count). The molecule has 0 fully saturated rings. The van der Waals surface area contributed by atoms with E-state index < -0.39 is 11.6 Å². The van der Waals surface area contributed by atoms with E-state index >= 15 is 0 Å². The number of hydrogen-bond acceptors (Lipinski definition) is 2. The van der Waals surface area contributed by atoms with Gasteiger partial charge in [0.2, 0.25) is 0 Å². The molecular weight excluding hydrogens is 230 g/mol. The van der Waals surface area contributed by atoms with Gasteiger partial charge in [0.05, 0.1) is 5.75 Å². The number of hydrogen-bond donors (Lipinski definition) is 0. The molecule has 0 spiro atoms. The summed E-state index contributed by atoms with van der Waals surface area (Å²) in [6.07, 6.45) is 0.835. The molecule has 0 saturated heterocycles. The maximum atomic E-state index is 13.2. The normalized spacial score (nSPS) is 10.4. The van der Waals surface area contributed by atoms with Crippen molar-refractivity contribution in [1.82, 2.24) is 0 Å². The standard InChI is InChI=1S/C12H14F2OS/c1-2-6-16-8-9(15)7-10-11(13)4-3-5-12(10)14/h3-5H,2,6-8H2,1H3. The molecule has 1 nitrogen and oxygen atoms in total. The molecule has 88 valence electrons. The predicted octanol–water partition coefficient (Wildman–Crippen LogP) is 3.22. The number of ketones is 1. The van der Waals surface area contributed by atoms with Crippen molar-refractivity contribution in [3.63, 3.8) is 0 Å². The summed E-state index contributed by atoms with van der Waals surface area (Å²) in [4.78, 5) is 11.4. The maximum Gasteiger partial charge on any atom is 0.147 e. The molecule has 0 heterocycles. The Labute approximate surface area is 98.2 Å². The van der Waals surface area contributed by atoms with Gasteiger partial charge in [-0.3, -0.25) is 4.79 Å². The van der Waals surface area contributed by atoms with Crippen LogP contribution in [0.5, 0.6) is 0 Å². The summed E-state index contributed by atoms with van der Waals surface area (Å²) in [7, 11) is 0. The highest BCUT2D eigenvalue weighted by Gasteiger charge is 2.12. The van der Waals surface area contributed by atoms with Crippen LogP contribution in [0.1, 0.15) is 18.9 Å². The number of carbonyl (C=O) groups is 1. The molecular formula is C12H14F2OS. The summed E-state index contributed by atoms with van der Waals surface area (Å²) in [6.45, 7) is 2.02. The zero-order valence-corrected chi connectivity index (χ0v) is 9.95. The van der Waals surface area contributed by atoms with E-state index in [4.69, 9.17) is 0 Å². The molecule has 4 heteroatoms. The first kappa shape index (κ1) is 13.2. The van der Waals surface area contributed by atoms with Crippen LogP contribution in [0.4, 0.5) is 8.78 Å². The van der Waals surface area contributed by atoms with Gasteiger partial charge in [-0.2, -0.15) is 11.8 Å². The van der Waals surface area contributed by atoms with Gasteiger partial charge in [0, 0.05) is 12.0 Å². The number of halogens is 2. The molecule has 0 amide bonds. The van der Waals surface area contributed by atoms with Crippen LogP contribution in [-0.2, 0) is 11.2 Å². The fourth-order valence-corrected chi connectivity index (χ4v) is 2.04. The van der Waals surface area contributed by atoms with Crippen LogP contribution in [0, 0.1) is 11.6 Å². The minimum Gasteiger partial charge on any atom is -0.298 e. The van der Waals surface area contributed by atoms with E-state index in [9.17, 15) is 13.6 Å². The molecule has 0 aliphatic heterocycles. The van der Waals surface area contributed by atoms with Crippen molar-refractivity contribution in [3.05, 3.63) is 35.4 Å². The third-order valence-corrected chi connectivity index (χ3v) is 3.27. The van der Waals surface area contributed by atoms with Crippen LogP contribution in [0.15, 0.2) is 18.2 Å². The highest BCUT2D eigenvalue weighted by atomic mass is 32.2. The second-order valence-corrected chi connectivity index (χ2v) is 4.57. The van der Waals surface area contributed by atoms with E-state index in [1.807, 2.05) is 6.92 Å². The maximum absolute atomic E-state index is 13.2. The summed E-state index contributed by atoms with van der Waals surface area (Å²) >= 11 is 1.50. The Morgan fingerprint density at radius 2 is 1.94 bits per heavy atom. The average molecular weight is 244 g/mol. The molecule has 0 unspecified atom stereocenters. The summed E-state index contributed by atoms with van der Waals surface area (Å²) < 4.78 is 26.4. The van der Waals surface area contributed by atoms with Crippen molar-refractivity contribution >= 4 is 17.5 Å². The molecule has 0 bridgehead atoms. The molecule has 1 aromatic carbocycles. The highest BCUT2D eigenvalue weighted by molar-refractivity contribution is 7.99. The van der Waals surface area contributed by atoms with E-state index in [2.05, 4.69) is 0 Å². The van der Waals surface area contributed by atoms with Crippen LogP contribution in [-0.4, -0.2) is 17.3 Å². The third-order valence-electron chi connectivity index (χ3n) is 2.05. The Morgan fingerprint density at radius 1 is 1.31 bits per heavy atom. The van der Waals surface area contributed by atoms with E-state index in [0.717, 1.165) is 12.2 Å². The number of rotatable bonds is 6. The predicted molar refractivity (Wildman–Crippen MR) is 62.7 cm³/mol.